The van der Waals surface area contributed by atoms with Crippen LogP contribution in [0.15, 0.2) is 54.2 Å². The highest BCUT2D eigenvalue weighted by atomic mass is 16.5. The highest BCUT2D eigenvalue weighted by molar-refractivity contribution is 6.45. The van der Waals surface area contributed by atoms with E-state index in [9.17, 15) is 9.59 Å². The zero-order valence-electron chi connectivity index (χ0n) is 19.3. The van der Waals surface area contributed by atoms with Crippen LogP contribution in [0.3, 0.4) is 0 Å². The Labute approximate surface area is 190 Å². The van der Waals surface area contributed by atoms with Crippen molar-refractivity contribution in [2.75, 3.05) is 43.6 Å². The van der Waals surface area contributed by atoms with Crippen LogP contribution in [0, 0.1) is 5.92 Å². The van der Waals surface area contributed by atoms with Crippen LogP contribution >= 0.6 is 0 Å². The Bertz CT molecular complexity index is 1030. The summed E-state index contributed by atoms with van der Waals surface area (Å²) in [6.45, 7) is 6.27. The topological polar surface area (TPSA) is 53.1 Å². The quantitative estimate of drug-likeness (QED) is 0.640. The number of likely N-dealkylation sites (tertiary alicyclic amines) is 1. The van der Waals surface area contributed by atoms with Crippen molar-refractivity contribution in [3.05, 3.63) is 59.8 Å². The van der Waals surface area contributed by atoms with Gasteiger partial charge in [0, 0.05) is 32.9 Å². The summed E-state index contributed by atoms with van der Waals surface area (Å²) >= 11 is 0. The maximum absolute atomic E-state index is 13.7. The van der Waals surface area contributed by atoms with E-state index in [1.54, 1.807) is 0 Å². The van der Waals surface area contributed by atoms with Crippen LogP contribution < -0.4 is 14.5 Å². The van der Waals surface area contributed by atoms with E-state index in [0.29, 0.717) is 29.5 Å². The Hall–Kier alpha value is -3.28. The molecule has 0 N–H and O–H groups in total. The van der Waals surface area contributed by atoms with E-state index in [4.69, 9.17) is 4.74 Å². The molecule has 1 fully saturated rings. The molecule has 4 rings (SSSR count). The van der Waals surface area contributed by atoms with Crippen molar-refractivity contribution in [2.45, 2.75) is 26.7 Å². The van der Waals surface area contributed by atoms with Crippen molar-refractivity contribution in [1.29, 1.82) is 0 Å². The van der Waals surface area contributed by atoms with Crippen LogP contribution in [-0.4, -0.2) is 50.5 Å². The summed E-state index contributed by atoms with van der Waals surface area (Å²) in [5.74, 6) is 0.711. The van der Waals surface area contributed by atoms with E-state index in [2.05, 4.69) is 11.8 Å². The fraction of sp³-hybridized carbons (Fsp3) is 0.385. The maximum Gasteiger partial charge on any atom is 0.282 e. The number of carbonyl (C=O) groups is 2. The first-order chi connectivity index (χ1) is 15.4. The number of carbonyl (C=O) groups excluding carboxylic acids is 2. The van der Waals surface area contributed by atoms with Gasteiger partial charge >= 0.3 is 0 Å². The minimum atomic E-state index is -0.273. The molecule has 0 aromatic heterocycles. The van der Waals surface area contributed by atoms with Crippen LogP contribution in [-0.2, 0) is 9.59 Å². The molecule has 0 aliphatic carbocycles. The molecule has 6 nitrogen and oxygen atoms in total. The van der Waals surface area contributed by atoms with Crippen molar-refractivity contribution >= 4 is 28.8 Å². The highest BCUT2D eigenvalue weighted by Crippen LogP contribution is 2.37. The fourth-order valence-corrected chi connectivity index (χ4v) is 4.48. The number of rotatable bonds is 6. The lowest BCUT2D eigenvalue weighted by atomic mass is 9.97. The first kappa shape index (κ1) is 21.9. The van der Waals surface area contributed by atoms with Crippen molar-refractivity contribution in [3.63, 3.8) is 0 Å². The minimum Gasteiger partial charge on any atom is -0.494 e. The third-order valence-corrected chi connectivity index (χ3v) is 6.11. The lowest BCUT2D eigenvalue weighted by molar-refractivity contribution is -0.120. The van der Waals surface area contributed by atoms with Gasteiger partial charge in [-0.3, -0.25) is 9.59 Å². The molecular weight excluding hydrogens is 402 g/mol. The normalized spacial score (nSPS) is 19.1. The van der Waals surface area contributed by atoms with Crippen molar-refractivity contribution in [2.24, 2.45) is 5.92 Å². The van der Waals surface area contributed by atoms with E-state index >= 15 is 0 Å². The monoisotopic (exact) mass is 433 g/mol. The van der Waals surface area contributed by atoms with Gasteiger partial charge < -0.3 is 14.5 Å². The summed E-state index contributed by atoms with van der Waals surface area (Å²) in [6.07, 6.45) is 2.15. The molecule has 2 aliphatic heterocycles. The number of nitrogens with zero attached hydrogens (tertiary/aromatic N) is 3. The van der Waals surface area contributed by atoms with Crippen LogP contribution in [0.25, 0.3) is 5.57 Å². The van der Waals surface area contributed by atoms with Gasteiger partial charge in [-0.05, 0) is 67.6 Å². The first-order valence-corrected chi connectivity index (χ1v) is 11.3. The number of hydrogen-bond donors (Lipinski definition) is 0. The second kappa shape index (κ2) is 9.07. The van der Waals surface area contributed by atoms with Crippen LogP contribution in [0.2, 0.25) is 0 Å². The summed E-state index contributed by atoms with van der Waals surface area (Å²) in [6, 6.07) is 15.0. The predicted octanol–water partition coefficient (Wildman–Crippen LogP) is 4.17. The SMILES string of the molecule is CCOc1ccc(C2=C(N3CCCC(C)C3)C(=O)N(c3ccc(N(C)C)cc3)C2=O)cc1. The van der Waals surface area contributed by atoms with Crippen molar-refractivity contribution in [3.8, 4) is 5.75 Å². The van der Waals surface area contributed by atoms with Crippen LogP contribution in [0.5, 0.6) is 5.75 Å². The summed E-state index contributed by atoms with van der Waals surface area (Å²) in [7, 11) is 3.92. The smallest absolute Gasteiger partial charge is 0.282 e. The Morgan fingerprint density at radius 2 is 1.69 bits per heavy atom. The fourth-order valence-electron chi connectivity index (χ4n) is 4.48. The lowest BCUT2D eigenvalue weighted by Gasteiger charge is -2.33. The Morgan fingerprint density at radius 3 is 2.28 bits per heavy atom. The van der Waals surface area contributed by atoms with Crippen LogP contribution in [0.4, 0.5) is 11.4 Å². The summed E-state index contributed by atoms with van der Waals surface area (Å²) in [4.78, 5) is 32.7. The summed E-state index contributed by atoms with van der Waals surface area (Å²) < 4.78 is 5.56. The number of anilines is 2. The third kappa shape index (κ3) is 4.09. The molecule has 168 valence electrons. The lowest BCUT2D eigenvalue weighted by Crippen LogP contribution is -2.39. The third-order valence-electron chi connectivity index (χ3n) is 6.11. The van der Waals surface area contributed by atoms with Crippen molar-refractivity contribution < 1.29 is 14.3 Å². The number of hydrogen-bond acceptors (Lipinski definition) is 5. The molecule has 2 amide bonds. The highest BCUT2D eigenvalue weighted by Gasteiger charge is 2.43. The number of imide groups is 1. The first-order valence-electron chi connectivity index (χ1n) is 11.3. The van der Waals surface area contributed by atoms with Crippen LogP contribution in [0.1, 0.15) is 32.3 Å². The molecule has 6 heteroatoms. The minimum absolute atomic E-state index is 0.245. The van der Waals surface area contributed by atoms with Gasteiger partial charge in [-0.1, -0.05) is 19.1 Å². The van der Waals surface area contributed by atoms with E-state index in [1.807, 2.05) is 74.4 Å². The van der Waals surface area contributed by atoms with Gasteiger partial charge in [-0.25, -0.2) is 4.90 Å². The summed E-state index contributed by atoms with van der Waals surface area (Å²) in [5.41, 5.74) is 3.34. The van der Waals surface area contributed by atoms with Crippen molar-refractivity contribution in [1.82, 2.24) is 4.90 Å². The molecule has 1 atom stereocenters. The van der Waals surface area contributed by atoms with Gasteiger partial charge in [0.05, 0.1) is 17.9 Å². The van der Waals surface area contributed by atoms with Gasteiger partial charge in [0.1, 0.15) is 11.4 Å². The second-order valence-electron chi connectivity index (χ2n) is 8.73. The van der Waals surface area contributed by atoms with E-state index in [0.717, 1.165) is 42.9 Å². The molecule has 2 aromatic rings. The Balaban J connectivity index is 1.75. The second-order valence-corrected chi connectivity index (χ2v) is 8.73. The largest absolute Gasteiger partial charge is 0.494 e. The van der Waals surface area contributed by atoms with Gasteiger partial charge in [0.15, 0.2) is 0 Å². The molecule has 0 spiro atoms. The molecule has 0 saturated carbocycles. The molecule has 1 saturated heterocycles. The molecule has 32 heavy (non-hydrogen) atoms. The summed E-state index contributed by atoms with van der Waals surface area (Å²) in [5, 5.41) is 0. The van der Waals surface area contributed by atoms with E-state index < -0.39 is 0 Å². The van der Waals surface area contributed by atoms with Gasteiger partial charge in [0.2, 0.25) is 0 Å². The average Bonchev–Trinajstić information content (AvgIpc) is 3.04. The standard InChI is InChI=1S/C26H31N3O3/c1-5-32-22-14-8-19(9-15-22)23-24(28-16-6-7-18(2)17-28)26(31)29(25(23)30)21-12-10-20(11-13-21)27(3)4/h8-15,18H,5-7,16-17H2,1-4H3. The van der Waals surface area contributed by atoms with E-state index in [-0.39, 0.29) is 11.8 Å². The molecule has 1 unspecified atom stereocenters. The zero-order valence-corrected chi connectivity index (χ0v) is 19.3. The number of piperidine rings is 1. The Kier molecular flexibility index (Phi) is 6.21. The molecule has 2 aliphatic rings. The molecular formula is C26H31N3O3. The zero-order chi connectivity index (χ0) is 22.8. The maximum atomic E-state index is 13.7. The van der Waals surface area contributed by atoms with E-state index in [1.165, 1.54) is 4.90 Å². The molecule has 0 radical (unpaired) electrons. The number of amides is 2. The van der Waals surface area contributed by atoms with Gasteiger partial charge in [-0.2, -0.15) is 0 Å². The predicted molar refractivity (Wildman–Crippen MR) is 128 cm³/mol. The van der Waals surface area contributed by atoms with Gasteiger partial charge in [0.25, 0.3) is 11.8 Å². The average molecular weight is 434 g/mol. The molecule has 2 heterocycles. The molecule has 2 aromatic carbocycles. The number of benzene rings is 2. The number of ether oxygens (including phenoxy) is 1. The van der Waals surface area contributed by atoms with Gasteiger partial charge in [-0.15, -0.1) is 0 Å². The Morgan fingerprint density at radius 1 is 1.00 bits per heavy atom. The molecule has 0 bridgehead atoms.